The molecule has 284 valence electrons. The number of ether oxygens (including phenoxy) is 1. The molecular weight excluding hydrogens is 660 g/mol. The minimum atomic E-state index is -0.959. The highest BCUT2D eigenvalue weighted by Gasteiger charge is 2.31. The minimum absolute atomic E-state index is 0.0427. The molecule has 3 rings (SSSR count). The number of carbonyl (C=O) groups is 6. The van der Waals surface area contributed by atoms with Gasteiger partial charge >= 0.3 is 5.97 Å². The van der Waals surface area contributed by atoms with Crippen LogP contribution in [-0.4, -0.2) is 67.5 Å². The van der Waals surface area contributed by atoms with Gasteiger partial charge in [0.25, 0.3) is 0 Å². The SMILES string of the molecule is CCCCc1ccc(-c2ccc(C(=O)C[C@@H](CCCCN)C(=O)N[C@H]3CCCC(=O)NCCCC[C@@H](C(=O)OC)NC(=O)[C@H](C)CC3=O)cc2)cc1. The summed E-state index contributed by atoms with van der Waals surface area (Å²) in [7, 11) is 1.25. The number of amides is 3. The van der Waals surface area contributed by atoms with Crippen molar-refractivity contribution >= 4 is 35.3 Å². The summed E-state index contributed by atoms with van der Waals surface area (Å²) in [6.45, 7) is 4.63. The molecule has 1 aliphatic rings. The fourth-order valence-electron chi connectivity index (χ4n) is 6.40. The van der Waals surface area contributed by atoms with Crippen molar-refractivity contribution in [3.05, 3.63) is 59.7 Å². The molecule has 2 aromatic rings. The van der Waals surface area contributed by atoms with Gasteiger partial charge < -0.3 is 26.4 Å². The number of aryl methyl sites for hydroxylation is 1. The smallest absolute Gasteiger partial charge is 0.328 e. The zero-order chi connectivity index (χ0) is 37.9. The molecule has 1 heterocycles. The van der Waals surface area contributed by atoms with Gasteiger partial charge in [-0.15, -0.1) is 0 Å². The van der Waals surface area contributed by atoms with E-state index in [1.165, 1.54) is 12.7 Å². The fourth-order valence-corrected chi connectivity index (χ4v) is 6.40. The molecule has 1 aliphatic heterocycles. The van der Waals surface area contributed by atoms with Crippen molar-refractivity contribution in [2.45, 2.75) is 116 Å². The second kappa shape index (κ2) is 22.5. The minimum Gasteiger partial charge on any atom is -0.467 e. The van der Waals surface area contributed by atoms with Crippen molar-refractivity contribution in [2.24, 2.45) is 17.6 Å². The van der Waals surface area contributed by atoms with E-state index in [-0.39, 0.29) is 43.2 Å². The van der Waals surface area contributed by atoms with Crippen LogP contribution < -0.4 is 21.7 Å². The van der Waals surface area contributed by atoms with E-state index < -0.39 is 41.7 Å². The van der Waals surface area contributed by atoms with E-state index >= 15 is 0 Å². The third-order valence-corrected chi connectivity index (χ3v) is 9.72. The Bertz CT molecular complexity index is 1470. The summed E-state index contributed by atoms with van der Waals surface area (Å²) < 4.78 is 4.86. The standard InChI is InChI=1S/C41H58N4O7/c1-4-5-11-29-16-18-30(19-17-29)31-20-22-32(23-21-31)36(46)27-33(12-6-8-24-42)40(50)44-34-14-10-15-38(48)43-25-9-7-13-35(41(51)52-3)45-39(49)28(2)26-37(34)47/h16-23,28,33-35H,4-15,24-27,42H2,1-3H3,(H,43,48)(H,44,50)(H,45,49)/t28-,33-,34+,35+/m1/s1. The molecule has 3 amide bonds. The van der Waals surface area contributed by atoms with Crippen LogP contribution in [0.1, 0.15) is 113 Å². The normalized spacial score (nSPS) is 19.9. The van der Waals surface area contributed by atoms with Crippen LogP contribution in [0, 0.1) is 11.8 Å². The molecule has 0 aromatic heterocycles. The first-order valence-electron chi connectivity index (χ1n) is 19.0. The van der Waals surface area contributed by atoms with E-state index in [1.807, 2.05) is 12.1 Å². The summed E-state index contributed by atoms with van der Waals surface area (Å²) in [5.41, 5.74) is 9.58. The van der Waals surface area contributed by atoms with Crippen molar-refractivity contribution in [3.63, 3.8) is 0 Å². The molecule has 4 atom stereocenters. The van der Waals surface area contributed by atoms with Gasteiger partial charge in [0.15, 0.2) is 11.6 Å². The van der Waals surface area contributed by atoms with Crippen molar-refractivity contribution in [1.82, 2.24) is 16.0 Å². The molecule has 0 spiro atoms. The first kappa shape index (κ1) is 42.0. The molecule has 0 radical (unpaired) electrons. The van der Waals surface area contributed by atoms with E-state index in [2.05, 4.69) is 47.1 Å². The Balaban J connectivity index is 1.74. The van der Waals surface area contributed by atoms with E-state index in [4.69, 9.17) is 10.5 Å². The van der Waals surface area contributed by atoms with Gasteiger partial charge in [0.1, 0.15) is 6.04 Å². The van der Waals surface area contributed by atoms with Gasteiger partial charge in [0.05, 0.1) is 13.2 Å². The Hall–Kier alpha value is -4.38. The number of esters is 1. The summed E-state index contributed by atoms with van der Waals surface area (Å²) >= 11 is 0. The Kier molecular flexibility index (Phi) is 18.2. The second-order valence-corrected chi connectivity index (χ2v) is 13.9. The Morgan fingerprint density at radius 1 is 0.923 bits per heavy atom. The summed E-state index contributed by atoms with van der Waals surface area (Å²) in [6, 6.07) is 14.0. The van der Waals surface area contributed by atoms with Crippen LogP contribution >= 0.6 is 0 Å². The number of hydrogen-bond donors (Lipinski definition) is 4. The number of methoxy groups -OCH3 is 1. The summed E-state index contributed by atoms with van der Waals surface area (Å²) in [5.74, 6) is -3.66. The van der Waals surface area contributed by atoms with Crippen molar-refractivity contribution < 1.29 is 33.5 Å². The number of carbonyl (C=O) groups excluding carboxylic acids is 6. The van der Waals surface area contributed by atoms with Crippen molar-refractivity contribution in [1.29, 1.82) is 0 Å². The van der Waals surface area contributed by atoms with Crippen LogP contribution in [0.15, 0.2) is 48.5 Å². The van der Waals surface area contributed by atoms with Crippen LogP contribution in [0.3, 0.4) is 0 Å². The number of nitrogens with two attached hydrogens (primary N) is 1. The molecule has 52 heavy (non-hydrogen) atoms. The Labute approximate surface area is 308 Å². The van der Waals surface area contributed by atoms with E-state index in [1.54, 1.807) is 19.1 Å². The Morgan fingerprint density at radius 2 is 1.62 bits per heavy atom. The third-order valence-electron chi connectivity index (χ3n) is 9.72. The van der Waals surface area contributed by atoms with Gasteiger partial charge in [0, 0.05) is 43.2 Å². The highest BCUT2D eigenvalue weighted by atomic mass is 16.5. The van der Waals surface area contributed by atoms with Gasteiger partial charge in [-0.3, -0.25) is 24.0 Å². The van der Waals surface area contributed by atoms with Gasteiger partial charge in [-0.25, -0.2) is 4.79 Å². The van der Waals surface area contributed by atoms with Crippen LogP contribution in [0.25, 0.3) is 11.1 Å². The fraction of sp³-hybridized carbons (Fsp3) is 0.561. The third kappa shape index (κ3) is 14.0. The molecule has 1 fully saturated rings. The number of unbranched alkanes of at least 4 members (excludes halogenated alkanes) is 2. The zero-order valence-electron chi connectivity index (χ0n) is 31.2. The van der Waals surface area contributed by atoms with E-state index in [0.717, 1.165) is 30.4 Å². The van der Waals surface area contributed by atoms with E-state index in [9.17, 15) is 28.8 Å². The molecule has 0 saturated carbocycles. The number of benzene rings is 2. The van der Waals surface area contributed by atoms with Crippen LogP contribution in [0.4, 0.5) is 0 Å². The predicted octanol–water partition coefficient (Wildman–Crippen LogP) is 5.22. The highest BCUT2D eigenvalue weighted by Crippen LogP contribution is 2.24. The average Bonchev–Trinajstić information content (AvgIpc) is 3.15. The maximum absolute atomic E-state index is 13.8. The van der Waals surface area contributed by atoms with Gasteiger partial charge in [-0.05, 0) is 81.0 Å². The van der Waals surface area contributed by atoms with Crippen LogP contribution in [0.5, 0.6) is 0 Å². The monoisotopic (exact) mass is 718 g/mol. The summed E-state index contributed by atoms with van der Waals surface area (Å²) in [4.78, 5) is 78.8. The molecule has 5 N–H and O–H groups in total. The van der Waals surface area contributed by atoms with Crippen LogP contribution in [0.2, 0.25) is 0 Å². The predicted molar refractivity (Wildman–Crippen MR) is 201 cm³/mol. The topological polar surface area (TPSA) is 174 Å². The quantitative estimate of drug-likeness (QED) is 0.117. The maximum Gasteiger partial charge on any atom is 0.328 e. The second-order valence-electron chi connectivity index (χ2n) is 13.9. The lowest BCUT2D eigenvalue weighted by Crippen LogP contribution is -2.47. The molecule has 11 heteroatoms. The molecule has 0 unspecified atom stereocenters. The Morgan fingerprint density at radius 3 is 2.27 bits per heavy atom. The first-order valence-corrected chi connectivity index (χ1v) is 19.0. The number of ketones is 2. The average molecular weight is 719 g/mol. The molecule has 0 aliphatic carbocycles. The largest absolute Gasteiger partial charge is 0.467 e. The number of rotatable bonds is 14. The molecule has 0 bridgehead atoms. The lowest BCUT2D eigenvalue weighted by Gasteiger charge is -2.24. The first-order chi connectivity index (χ1) is 25.1. The summed E-state index contributed by atoms with van der Waals surface area (Å²) in [6.07, 6.45) is 7.07. The number of hydrogen-bond acceptors (Lipinski definition) is 8. The van der Waals surface area contributed by atoms with Crippen molar-refractivity contribution in [3.8, 4) is 11.1 Å². The maximum atomic E-state index is 13.8. The molecule has 11 nitrogen and oxygen atoms in total. The number of nitrogens with one attached hydrogen (secondary N) is 3. The van der Waals surface area contributed by atoms with Crippen LogP contribution in [-0.2, 0) is 35.1 Å². The molecule has 2 aromatic carbocycles. The van der Waals surface area contributed by atoms with Gasteiger partial charge in [-0.1, -0.05) is 75.2 Å². The summed E-state index contributed by atoms with van der Waals surface area (Å²) in [5, 5.41) is 8.43. The van der Waals surface area contributed by atoms with Gasteiger partial charge in [0.2, 0.25) is 17.7 Å². The number of Topliss-reactive ketones (excluding diaryl/α,β-unsaturated/α-hetero) is 2. The highest BCUT2D eigenvalue weighted by molar-refractivity contribution is 6.00. The van der Waals surface area contributed by atoms with Crippen molar-refractivity contribution in [2.75, 3.05) is 20.2 Å². The molecular formula is C41H58N4O7. The lowest BCUT2D eigenvalue weighted by molar-refractivity contribution is -0.146. The lowest BCUT2D eigenvalue weighted by atomic mass is 9.90. The zero-order valence-corrected chi connectivity index (χ0v) is 31.2. The molecule has 1 saturated heterocycles. The van der Waals surface area contributed by atoms with E-state index in [0.29, 0.717) is 63.6 Å². The van der Waals surface area contributed by atoms with Gasteiger partial charge in [-0.2, -0.15) is 0 Å².